The standard InChI is InChI=1S/C15H25N3/c1-3-18-10-6-8-14(18)12-17(2)15-9-5-4-7-13(15)11-16/h4-5,7,9,14H,3,6,8,10-12,16H2,1-2H3. The van der Waals surface area contributed by atoms with Crippen LogP contribution >= 0.6 is 0 Å². The van der Waals surface area contributed by atoms with Crippen LogP contribution in [0.3, 0.4) is 0 Å². The summed E-state index contributed by atoms with van der Waals surface area (Å²) in [7, 11) is 2.18. The zero-order valence-electron chi connectivity index (χ0n) is 11.6. The number of hydrogen-bond acceptors (Lipinski definition) is 3. The molecule has 0 spiro atoms. The van der Waals surface area contributed by atoms with E-state index in [1.54, 1.807) is 0 Å². The topological polar surface area (TPSA) is 32.5 Å². The molecule has 1 aliphatic rings. The van der Waals surface area contributed by atoms with Crippen LogP contribution in [0.5, 0.6) is 0 Å². The van der Waals surface area contributed by atoms with Gasteiger partial charge in [0.2, 0.25) is 0 Å². The maximum absolute atomic E-state index is 5.81. The number of nitrogens with two attached hydrogens (primary N) is 1. The van der Waals surface area contributed by atoms with Gasteiger partial charge in [0.1, 0.15) is 0 Å². The fourth-order valence-corrected chi connectivity index (χ4v) is 2.99. The van der Waals surface area contributed by atoms with Crippen molar-refractivity contribution in [1.82, 2.24) is 4.90 Å². The molecule has 1 fully saturated rings. The zero-order valence-corrected chi connectivity index (χ0v) is 11.6. The van der Waals surface area contributed by atoms with Gasteiger partial charge in [-0.05, 0) is 37.6 Å². The molecule has 1 unspecified atom stereocenters. The summed E-state index contributed by atoms with van der Waals surface area (Å²) in [6.07, 6.45) is 2.66. The Bertz CT molecular complexity index is 378. The van der Waals surface area contributed by atoms with E-state index < -0.39 is 0 Å². The Balaban J connectivity index is 2.05. The van der Waals surface area contributed by atoms with E-state index in [2.05, 4.69) is 48.0 Å². The quantitative estimate of drug-likeness (QED) is 0.864. The van der Waals surface area contributed by atoms with Crippen LogP contribution in [0.1, 0.15) is 25.3 Å². The van der Waals surface area contributed by atoms with Crippen LogP contribution < -0.4 is 10.6 Å². The molecule has 0 bridgehead atoms. The molecule has 0 saturated carbocycles. The molecule has 18 heavy (non-hydrogen) atoms. The second-order valence-corrected chi connectivity index (χ2v) is 5.14. The van der Waals surface area contributed by atoms with Crippen molar-refractivity contribution in [3.05, 3.63) is 29.8 Å². The number of benzene rings is 1. The van der Waals surface area contributed by atoms with Crippen LogP contribution in [-0.4, -0.2) is 37.6 Å². The van der Waals surface area contributed by atoms with E-state index in [4.69, 9.17) is 5.73 Å². The van der Waals surface area contributed by atoms with Crippen molar-refractivity contribution in [2.75, 3.05) is 31.6 Å². The number of nitrogens with zero attached hydrogens (tertiary/aromatic N) is 2. The van der Waals surface area contributed by atoms with Crippen molar-refractivity contribution in [3.8, 4) is 0 Å². The minimum Gasteiger partial charge on any atom is -0.373 e. The molecule has 2 N–H and O–H groups in total. The Hall–Kier alpha value is -1.06. The zero-order chi connectivity index (χ0) is 13.0. The molecule has 3 nitrogen and oxygen atoms in total. The summed E-state index contributed by atoms with van der Waals surface area (Å²) >= 11 is 0. The third-order valence-corrected chi connectivity index (χ3v) is 4.01. The Kier molecular flexibility index (Phi) is 4.61. The molecule has 3 heteroatoms. The smallest absolute Gasteiger partial charge is 0.0409 e. The summed E-state index contributed by atoms with van der Waals surface area (Å²) in [5.74, 6) is 0. The molecule has 0 radical (unpaired) electrons. The maximum Gasteiger partial charge on any atom is 0.0409 e. The molecule has 0 aliphatic carbocycles. The summed E-state index contributed by atoms with van der Waals surface area (Å²) in [6, 6.07) is 9.15. The first-order valence-electron chi connectivity index (χ1n) is 6.99. The molecule has 1 heterocycles. The van der Waals surface area contributed by atoms with Gasteiger partial charge < -0.3 is 10.6 Å². The highest BCUT2D eigenvalue weighted by molar-refractivity contribution is 5.53. The number of anilines is 1. The summed E-state index contributed by atoms with van der Waals surface area (Å²) in [5, 5.41) is 0. The van der Waals surface area contributed by atoms with E-state index in [1.165, 1.54) is 30.6 Å². The van der Waals surface area contributed by atoms with E-state index in [0.717, 1.165) is 13.1 Å². The predicted molar refractivity (Wildman–Crippen MR) is 77.9 cm³/mol. The SMILES string of the molecule is CCN1CCCC1CN(C)c1ccccc1CN. The first-order chi connectivity index (χ1) is 8.76. The lowest BCUT2D eigenvalue weighted by Crippen LogP contribution is -2.39. The molecule has 1 aromatic rings. The number of para-hydroxylation sites is 1. The highest BCUT2D eigenvalue weighted by Gasteiger charge is 2.24. The largest absolute Gasteiger partial charge is 0.373 e. The van der Waals surface area contributed by atoms with Crippen molar-refractivity contribution in [3.63, 3.8) is 0 Å². The molecular formula is C15H25N3. The van der Waals surface area contributed by atoms with Gasteiger partial charge in [0.15, 0.2) is 0 Å². The normalized spacial score (nSPS) is 20.3. The van der Waals surface area contributed by atoms with Gasteiger partial charge >= 0.3 is 0 Å². The Morgan fingerprint density at radius 1 is 1.39 bits per heavy atom. The maximum atomic E-state index is 5.81. The summed E-state index contributed by atoms with van der Waals surface area (Å²) in [4.78, 5) is 4.95. The fraction of sp³-hybridized carbons (Fsp3) is 0.600. The van der Waals surface area contributed by atoms with Gasteiger partial charge in [-0.1, -0.05) is 25.1 Å². The van der Waals surface area contributed by atoms with Gasteiger partial charge in [-0.15, -0.1) is 0 Å². The molecule has 1 aromatic carbocycles. The van der Waals surface area contributed by atoms with Crippen LogP contribution in [0.4, 0.5) is 5.69 Å². The first-order valence-corrected chi connectivity index (χ1v) is 6.99. The monoisotopic (exact) mass is 247 g/mol. The van der Waals surface area contributed by atoms with Crippen molar-refractivity contribution >= 4 is 5.69 Å². The number of likely N-dealkylation sites (tertiary alicyclic amines) is 1. The summed E-state index contributed by atoms with van der Waals surface area (Å²) in [6.45, 7) is 6.39. The van der Waals surface area contributed by atoms with E-state index in [1.807, 2.05) is 0 Å². The molecule has 0 amide bonds. The van der Waals surface area contributed by atoms with Crippen molar-refractivity contribution in [2.45, 2.75) is 32.4 Å². The first kappa shape index (κ1) is 13.4. The van der Waals surface area contributed by atoms with E-state index in [-0.39, 0.29) is 0 Å². The average molecular weight is 247 g/mol. The van der Waals surface area contributed by atoms with Gasteiger partial charge in [0.05, 0.1) is 0 Å². The van der Waals surface area contributed by atoms with E-state index >= 15 is 0 Å². The van der Waals surface area contributed by atoms with E-state index in [9.17, 15) is 0 Å². The van der Waals surface area contributed by atoms with Gasteiger partial charge in [0, 0.05) is 31.9 Å². The summed E-state index contributed by atoms with van der Waals surface area (Å²) in [5.41, 5.74) is 8.33. The highest BCUT2D eigenvalue weighted by Crippen LogP contribution is 2.23. The molecule has 2 rings (SSSR count). The Morgan fingerprint density at radius 2 is 2.17 bits per heavy atom. The van der Waals surface area contributed by atoms with Crippen molar-refractivity contribution in [2.24, 2.45) is 5.73 Å². The van der Waals surface area contributed by atoms with Crippen LogP contribution in [-0.2, 0) is 6.54 Å². The summed E-state index contributed by atoms with van der Waals surface area (Å²) < 4.78 is 0. The molecule has 1 saturated heterocycles. The van der Waals surface area contributed by atoms with Crippen LogP contribution in [0.25, 0.3) is 0 Å². The number of likely N-dealkylation sites (N-methyl/N-ethyl adjacent to an activating group) is 2. The van der Waals surface area contributed by atoms with Crippen molar-refractivity contribution < 1.29 is 0 Å². The third kappa shape index (κ3) is 2.85. The lowest BCUT2D eigenvalue weighted by atomic mass is 10.1. The van der Waals surface area contributed by atoms with Gasteiger partial charge in [-0.2, -0.15) is 0 Å². The minimum atomic E-state index is 0.614. The van der Waals surface area contributed by atoms with Crippen LogP contribution in [0.2, 0.25) is 0 Å². The minimum absolute atomic E-state index is 0.614. The third-order valence-electron chi connectivity index (χ3n) is 4.01. The highest BCUT2D eigenvalue weighted by atomic mass is 15.2. The van der Waals surface area contributed by atoms with Gasteiger partial charge in [-0.25, -0.2) is 0 Å². The fourth-order valence-electron chi connectivity index (χ4n) is 2.99. The van der Waals surface area contributed by atoms with E-state index in [0.29, 0.717) is 12.6 Å². The van der Waals surface area contributed by atoms with Gasteiger partial charge in [-0.3, -0.25) is 4.90 Å². The second kappa shape index (κ2) is 6.21. The Morgan fingerprint density at radius 3 is 2.89 bits per heavy atom. The van der Waals surface area contributed by atoms with Crippen molar-refractivity contribution in [1.29, 1.82) is 0 Å². The molecular weight excluding hydrogens is 222 g/mol. The number of hydrogen-bond donors (Lipinski definition) is 1. The number of rotatable bonds is 5. The lowest BCUT2D eigenvalue weighted by molar-refractivity contribution is 0.270. The molecule has 1 aliphatic heterocycles. The van der Waals surface area contributed by atoms with Gasteiger partial charge in [0.25, 0.3) is 0 Å². The Labute approximate surface area is 111 Å². The molecule has 100 valence electrons. The average Bonchev–Trinajstić information content (AvgIpc) is 2.85. The second-order valence-electron chi connectivity index (χ2n) is 5.14. The molecule has 1 atom stereocenters. The van der Waals surface area contributed by atoms with Crippen LogP contribution in [0, 0.1) is 0 Å². The van der Waals surface area contributed by atoms with Crippen LogP contribution in [0.15, 0.2) is 24.3 Å². The lowest BCUT2D eigenvalue weighted by Gasteiger charge is -2.30. The molecule has 0 aromatic heterocycles. The predicted octanol–water partition coefficient (Wildman–Crippen LogP) is 2.07.